The molecule has 0 fully saturated rings. The monoisotopic (exact) mass is 602 g/mol. The number of hydrogen-bond acceptors (Lipinski definition) is 7. The van der Waals surface area contributed by atoms with Gasteiger partial charge in [-0.1, -0.05) is 62.0 Å². The number of aryl methyl sites for hydroxylation is 1. The summed E-state index contributed by atoms with van der Waals surface area (Å²) < 4.78 is 0. The van der Waals surface area contributed by atoms with Gasteiger partial charge in [0.1, 0.15) is 11.5 Å². The van der Waals surface area contributed by atoms with Crippen molar-refractivity contribution >= 4 is 47.1 Å². The molecule has 6 nitrogen and oxygen atoms in total. The van der Waals surface area contributed by atoms with E-state index in [-0.39, 0.29) is 51.9 Å². The molecule has 0 amide bonds. The first-order valence-corrected chi connectivity index (χ1v) is 14.7. The number of benzene rings is 4. The lowest BCUT2D eigenvalue weighted by Crippen LogP contribution is -2.41. The van der Waals surface area contributed by atoms with E-state index in [0.29, 0.717) is 11.6 Å². The number of phenolic OH excluding ortho intramolecular Hbond substituents is 2. The highest BCUT2D eigenvalue weighted by Gasteiger charge is 2.34. The van der Waals surface area contributed by atoms with Crippen LogP contribution in [0.4, 0.5) is 11.4 Å². The van der Waals surface area contributed by atoms with E-state index in [2.05, 4.69) is 79.1 Å². The van der Waals surface area contributed by atoms with Crippen LogP contribution in [0.15, 0.2) is 88.7 Å². The van der Waals surface area contributed by atoms with E-state index < -0.39 is 5.78 Å². The standard InChI is InChI=1S/C19H24N2S.C15H10O4.ClH/c1-4-20(5-2)15(3)14-21-16-10-6-8-12-18(16)22-19-13-9-7-11-17(19)21;1-7-5-9-13(11(17)6-7)15(19)12-8(14(9)18)3-2-4-10(12)16;/h6-13,15H,4-5,14H2,1-3H3;2-6,16-17H,1H3;1H. The molecule has 2 N–H and O–H groups in total. The van der Waals surface area contributed by atoms with Crippen molar-refractivity contribution in [2.24, 2.45) is 0 Å². The van der Waals surface area contributed by atoms with Crippen LogP contribution in [-0.4, -0.2) is 52.4 Å². The Kier molecular flexibility index (Phi) is 9.67. The molecule has 1 aliphatic carbocycles. The topological polar surface area (TPSA) is 81.1 Å². The molecule has 42 heavy (non-hydrogen) atoms. The predicted octanol–water partition coefficient (Wildman–Crippen LogP) is 7.62. The lowest BCUT2D eigenvalue weighted by molar-refractivity contribution is 0.0974. The molecule has 0 bridgehead atoms. The summed E-state index contributed by atoms with van der Waals surface area (Å²) >= 11 is 1.88. The first-order chi connectivity index (χ1) is 19.7. The second-order valence-corrected chi connectivity index (χ2v) is 11.4. The second kappa shape index (κ2) is 13.0. The molecule has 0 saturated heterocycles. The largest absolute Gasteiger partial charge is 0.507 e. The average molecular weight is 603 g/mol. The summed E-state index contributed by atoms with van der Waals surface area (Å²) in [4.78, 5) is 32.4. The maximum atomic E-state index is 12.3. The van der Waals surface area contributed by atoms with Crippen LogP contribution in [0.1, 0.15) is 58.2 Å². The Hall–Kier alpha value is -3.78. The number of anilines is 2. The molecule has 1 aliphatic heterocycles. The predicted molar refractivity (Wildman–Crippen MR) is 171 cm³/mol. The highest BCUT2D eigenvalue weighted by atomic mass is 35.5. The Morgan fingerprint density at radius 3 is 1.93 bits per heavy atom. The number of para-hydroxylation sites is 2. The molecule has 2 aliphatic rings. The highest BCUT2D eigenvalue weighted by Crippen LogP contribution is 2.48. The van der Waals surface area contributed by atoms with Crippen molar-refractivity contribution in [3.63, 3.8) is 0 Å². The number of ketones is 2. The summed E-state index contributed by atoms with van der Waals surface area (Å²) in [5, 5.41) is 19.6. The minimum Gasteiger partial charge on any atom is -0.507 e. The molecule has 4 aromatic rings. The van der Waals surface area contributed by atoms with Crippen LogP contribution in [0, 0.1) is 6.92 Å². The summed E-state index contributed by atoms with van der Waals surface area (Å²) in [5.41, 5.74) is 3.64. The molecule has 1 heterocycles. The van der Waals surface area contributed by atoms with Gasteiger partial charge in [-0.05, 0) is 75.0 Å². The van der Waals surface area contributed by atoms with Gasteiger partial charge in [0.25, 0.3) is 0 Å². The van der Waals surface area contributed by atoms with Crippen molar-refractivity contribution in [3.05, 3.63) is 107 Å². The Morgan fingerprint density at radius 2 is 1.33 bits per heavy atom. The van der Waals surface area contributed by atoms with Crippen LogP contribution in [-0.2, 0) is 0 Å². The molecule has 218 valence electrons. The van der Waals surface area contributed by atoms with Crippen LogP contribution in [0.5, 0.6) is 11.5 Å². The number of halogens is 1. The van der Waals surface area contributed by atoms with E-state index in [4.69, 9.17) is 0 Å². The highest BCUT2D eigenvalue weighted by molar-refractivity contribution is 7.99. The number of rotatable bonds is 5. The normalized spacial score (nSPS) is 13.6. The summed E-state index contributed by atoms with van der Waals surface area (Å²) in [7, 11) is 0. The molecule has 0 aromatic heterocycles. The minimum absolute atomic E-state index is 0. The number of phenols is 2. The first kappa shape index (κ1) is 31.2. The Morgan fingerprint density at radius 1 is 0.762 bits per heavy atom. The molecular weight excluding hydrogens is 568 g/mol. The van der Waals surface area contributed by atoms with Gasteiger partial charge in [0, 0.05) is 33.5 Å². The van der Waals surface area contributed by atoms with Gasteiger partial charge in [0.2, 0.25) is 5.78 Å². The third-order valence-corrected chi connectivity index (χ3v) is 8.79. The number of nitrogens with zero attached hydrogens (tertiary/aromatic N) is 2. The van der Waals surface area contributed by atoms with E-state index in [0.717, 1.165) is 19.6 Å². The summed E-state index contributed by atoms with van der Waals surface area (Å²) in [6.07, 6.45) is 0. The molecular formula is C34H35ClN2O4S. The number of carbonyl (C=O) groups is 2. The molecule has 6 rings (SSSR count). The third-order valence-electron chi connectivity index (χ3n) is 7.66. The zero-order valence-corrected chi connectivity index (χ0v) is 25.8. The van der Waals surface area contributed by atoms with Crippen molar-refractivity contribution in [1.82, 2.24) is 4.90 Å². The van der Waals surface area contributed by atoms with E-state index in [1.54, 1.807) is 13.0 Å². The van der Waals surface area contributed by atoms with E-state index in [1.165, 1.54) is 45.4 Å². The number of hydrogen-bond donors (Lipinski definition) is 2. The van der Waals surface area contributed by atoms with E-state index >= 15 is 0 Å². The average Bonchev–Trinajstić information content (AvgIpc) is 2.96. The smallest absolute Gasteiger partial charge is 0.201 e. The van der Waals surface area contributed by atoms with Crippen LogP contribution in [0.3, 0.4) is 0 Å². The van der Waals surface area contributed by atoms with Crippen molar-refractivity contribution < 1.29 is 19.8 Å². The summed E-state index contributed by atoms with van der Waals surface area (Å²) in [6, 6.07) is 25.4. The SMILES string of the molecule is CCN(CC)C(C)CN1c2ccccc2Sc2ccccc21.Cc1cc(O)c2c(c1)C(=O)c1cccc(O)c1C2=O.Cl. The number of aromatic hydroxyl groups is 2. The maximum absolute atomic E-state index is 12.3. The van der Waals surface area contributed by atoms with Crippen molar-refractivity contribution in [1.29, 1.82) is 0 Å². The third kappa shape index (κ3) is 5.77. The van der Waals surface area contributed by atoms with Crippen molar-refractivity contribution in [2.75, 3.05) is 24.5 Å². The Balaban J connectivity index is 0.000000190. The van der Waals surface area contributed by atoms with Crippen molar-refractivity contribution in [2.45, 2.75) is 43.5 Å². The molecule has 4 aromatic carbocycles. The van der Waals surface area contributed by atoms with Gasteiger partial charge in [-0.2, -0.15) is 0 Å². The van der Waals surface area contributed by atoms with Gasteiger partial charge in [-0.15, -0.1) is 12.4 Å². The lowest BCUT2D eigenvalue weighted by atomic mass is 9.82. The second-order valence-electron chi connectivity index (χ2n) is 10.3. The summed E-state index contributed by atoms with van der Waals surface area (Å²) in [5.74, 6) is -1.37. The van der Waals surface area contributed by atoms with E-state index in [1.807, 2.05) is 11.8 Å². The van der Waals surface area contributed by atoms with Gasteiger partial charge in [0.15, 0.2) is 5.78 Å². The molecule has 0 spiro atoms. The van der Waals surface area contributed by atoms with E-state index in [9.17, 15) is 19.8 Å². The molecule has 1 unspecified atom stereocenters. The van der Waals surface area contributed by atoms with Crippen LogP contribution >= 0.6 is 24.2 Å². The Bertz CT molecular complexity index is 1590. The molecule has 1 atom stereocenters. The Labute approximate surface area is 257 Å². The van der Waals surface area contributed by atoms with Crippen molar-refractivity contribution in [3.8, 4) is 11.5 Å². The van der Waals surface area contributed by atoms with Crippen LogP contribution in [0.2, 0.25) is 0 Å². The van der Waals surface area contributed by atoms with Crippen LogP contribution < -0.4 is 4.90 Å². The fourth-order valence-corrected chi connectivity index (χ4v) is 6.72. The molecule has 0 saturated carbocycles. The number of carbonyl (C=O) groups excluding carboxylic acids is 2. The first-order valence-electron chi connectivity index (χ1n) is 13.9. The van der Waals surface area contributed by atoms with Gasteiger partial charge in [0.05, 0.1) is 22.5 Å². The molecule has 0 radical (unpaired) electrons. The maximum Gasteiger partial charge on any atom is 0.201 e. The quantitative estimate of drug-likeness (QED) is 0.214. The fourth-order valence-electron chi connectivity index (χ4n) is 5.63. The zero-order chi connectivity index (χ0) is 29.3. The van der Waals surface area contributed by atoms with Gasteiger partial charge < -0.3 is 15.1 Å². The molecule has 8 heteroatoms. The van der Waals surface area contributed by atoms with Gasteiger partial charge in [-0.25, -0.2) is 0 Å². The van der Waals surface area contributed by atoms with Gasteiger partial charge in [-0.3, -0.25) is 14.5 Å². The number of likely N-dealkylation sites (N-methyl/N-ethyl adjacent to an activating group) is 1. The van der Waals surface area contributed by atoms with Gasteiger partial charge >= 0.3 is 0 Å². The minimum atomic E-state index is -0.528. The number of fused-ring (bicyclic) bond motifs is 4. The lowest BCUT2D eigenvalue weighted by Gasteiger charge is -2.37. The zero-order valence-electron chi connectivity index (χ0n) is 24.1. The van der Waals surface area contributed by atoms with Crippen LogP contribution in [0.25, 0.3) is 0 Å². The summed E-state index contributed by atoms with van der Waals surface area (Å²) in [6.45, 7) is 11.8. The fraction of sp³-hybridized carbons (Fsp3) is 0.235.